The summed E-state index contributed by atoms with van der Waals surface area (Å²) in [6.07, 6.45) is 1.45. The summed E-state index contributed by atoms with van der Waals surface area (Å²) in [5.74, 6) is -2.85. The predicted octanol–water partition coefficient (Wildman–Crippen LogP) is 4.84. The van der Waals surface area contributed by atoms with Crippen LogP contribution in [0, 0.1) is 0 Å². The SMILES string of the molecule is C=Cc1cccc(C(C(=O)NC(Cc2ccccc2)C(=O)OC(C)(C)C)N(CCCC)C(=O)C(CC(N)=O)NC(=O)OC(C)(C)C)c1. The van der Waals surface area contributed by atoms with Crippen LogP contribution in [0.4, 0.5) is 4.79 Å². The molecule has 0 aliphatic carbocycles. The summed E-state index contributed by atoms with van der Waals surface area (Å²) in [6, 6.07) is 12.3. The van der Waals surface area contributed by atoms with Crippen molar-refractivity contribution in [3.05, 3.63) is 77.9 Å². The average molecular weight is 651 g/mol. The van der Waals surface area contributed by atoms with E-state index < -0.39 is 65.5 Å². The molecule has 0 heterocycles. The number of nitrogens with one attached hydrogen (secondary N) is 2. The number of carbonyl (C=O) groups is 5. The molecule has 0 spiro atoms. The van der Waals surface area contributed by atoms with Crippen molar-refractivity contribution in [2.45, 2.75) is 103 Å². The number of hydrogen-bond acceptors (Lipinski definition) is 7. The van der Waals surface area contributed by atoms with Gasteiger partial charge in [0.05, 0.1) is 6.42 Å². The van der Waals surface area contributed by atoms with Crippen molar-refractivity contribution in [3.8, 4) is 0 Å². The second kappa shape index (κ2) is 17.3. The van der Waals surface area contributed by atoms with Gasteiger partial charge < -0.3 is 30.7 Å². The molecular weight excluding hydrogens is 600 g/mol. The third kappa shape index (κ3) is 13.3. The molecule has 4 amide bonds. The maximum atomic E-state index is 14.4. The molecule has 3 atom stereocenters. The molecule has 0 saturated heterocycles. The first-order valence-corrected chi connectivity index (χ1v) is 15.8. The number of primary amides is 1. The summed E-state index contributed by atoms with van der Waals surface area (Å²) in [7, 11) is 0. The van der Waals surface area contributed by atoms with Crippen LogP contribution < -0.4 is 16.4 Å². The second-order valence-electron chi connectivity index (χ2n) is 13.3. The van der Waals surface area contributed by atoms with E-state index in [-0.39, 0.29) is 13.0 Å². The van der Waals surface area contributed by atoms with E-state index in [1.165, 1.54) is 4.90 Å². The van der Waals surface area contributed by atoms with Crippen LogP contribution in [-0.2, 0) is 35.1 Å². The predicted molar refractivity (Wildman–Crippen MR) is 181 cm³/mol. The van der Waals surface area contributed by atoms with Gasteiger partial charge >= 0.3 is 12.1 Å². The summed E-state index contributed by atoms with van der Waals surface area (Å²) in [5, 5.41) is 5.32. The Kier molecular flexibility index (Phi) is 14.2. The quantitative estimate of drug-likeness (QED) is 0.233. The van der Waals surface area contributed by atoms with Gasteiger partial charge in [0.1, 0.15) is 29.3 Å². The van der Waals surface area contributed by atoms with E-state index in [0.29, 0.717) is 24.0 Å². The van der Waals surface area contributed by atoms with Crippen LogP contribution in [0.2, 0.25) is 0 Å². The molecule has 3 unspecified atom stereocenters. The molecule has 2 aromatic rings. The van der Waals surface area contributed by atoms with Gasteiger partial charge in [0.2, 0.25) is 17.7 Å². The molecule has 0 radical (unpaired) electrons. The number of amides is 4. The van der Waals surface area contributed by atoms with E-state index in [1.54, 1.807) is 71.9 Å². The highest BCUT2D eigenvalue weighted by atomic mass is 16.6. The molecule has 47 heavy (non-hydrogen) atoms. The first-order valence-electron chi connectivity index (χ1n) is 15.8. The van der Waals surface area contributed by atoms with Gasteiger partial charge in [-0.2, -0.15) is 0 Å². The maximum absolute atomic E-state index is 14.4. The van der Waals surface area contributed by atoms with Crippen LogP contribution in [0.3, 0.4) is 0 Å². The van der Waals surface area contributed by atoms with Crippen molar-refractivity contribution < 1.29 is 33.4 Å². The molecule has 11 nitrogen and oxygen atoms in total. The molecule has 4 N–H and O–H groups in total. The number of rotatable bonds is 15. The minimum atomic E-state index is -1.43. The Bertz CT molecular complexity index is 1400. The summed E-state index contributed by atoms with van der Waals surface area (Å²) in [6.45, 7) is 16.0. The van der Waals surface area contributed by atoms with Gasteiger partial charge in [0, 0.05) is 13.0 Å². The lowest BCUT2D eigenvalue weighted by Crippen LogP contribution is -2.55. The molecule has 0 aliphatic rings. The number of unbranched alkanes of at least 4 members (excludes halogenated alkanes) is 1. The smallest absolute Gasteiger partial charge is 0.408 e. The highest BCUT2D eigenvalue weighted by Crippen LogP contribution is 2.26. The Balaban J connectivity index is 2.65. The molecule has 0 aliphatic heterocycles. The number of nitrogens with two attached hydrogens (primary N) is 1. The van der Waals surface area contributed by atoms with Crippen molar-refractivity contribution in [1.29, 1.82) is 0 Å². The Morgan fingerprint density at radius 3 is 2.09 bits per heavy atom. The summed E-state index contributed by atoms with van der Waals surface area (Å²) < 4.78 is 11.0. The molecule has 11 heteroatoms. The third-order valence-electron chi connectivity index (χ3n) is 6.74. The van der Waals surface area contributed by atoms with Crippen LogP contribution >= 0.6 is 0 Å². The lowest BCUT2D eigenvalue weighted by molar-refractivity contribution is -0.159. The zero-order chi connectivity index (χ0) is 35.4. The standard InChI is InChI=1S/C36H50N4O7/c1-9-11-20-40(32(43)27(23-29(37)41)39-34(45)47-36(6,7)8)30(26-19-15-18-24(10-2)21-26)31(42)38-28(33(44)46-35(3,4)5)22-25-16-13-12-14-17-25/h10,12-19,21,27-28,30H,2,9,11,20,22-23H2,1,3-8H3,(H2,37,41)(H,38,42)(H,39,45). The van der Waals surface area contributed by atoms with E-state index >= 15 is 0 Å². The van der Waals surface area contributed by atoms with Crippen molar-refractivity contribution in [1.82, 2.24) is 15.5 Å². The first kappa shape index (κ1) is 38.5. The van der Waals surface area contributed by atoms with E-state index in [2.05, 4.69) is 17.2 Å². The molecule has 2 rings (SSSR count). The van der Waals surface area contributed by atoms with E-state index in [1.807, 2.05) is 37.3 Å². The van der Waals surface area contributed by atoms with Crippen LogP contribution in [-0.4, -0.2) is 64.5 Å². The number of esters is 1. The van der Waals surface area contributed by atoms with Gasteiger partial charge in [-0.3, -0.25) is 14.4 Å². The summed E-state index contributed by atoms with van der Waals surface area (Å²) in [4.78, 5) is 68.4. The monoisotopic (exact) mass is 650 g/mol. The van der Waals surface area contributed by atoms with E-state index in [0.717, 1.165) is 5.56 Å². The number of ether oxygens (including phenoxy) is 2. The molecule has 0 bridgehead atoms. The van der Waals surface area contributed by atoms with Gasteiger partial charge in [-0.1, -0.05) is 74.5 Å². The Morgan fingerprint density at radius 2 is 1.53 bits per heavy atom. The number of benzene rings is 2. The number of hydrogen-bond donors (Lipinski definition) is 3. The van der Waals surface area contributed by atoms with Crippen molar-refractivity contribution in [2.75, 3.05) is 6.54 Å². The molecule has 0 fully saturated rings. The van der Waals surface area contributed by atoms with Crippen molar-refractivity contribution >= 4 is 35.9 Å². The number of carbonyl (C=O) groups excluding carboxylic acids is 5. The molecule has 256 valence electrons. The first-order chi connectivity index (χ1) is 21.9. The summed E-state index contributed by atoms with van der Waals surface area (Å²) in [5.41, 5.74) is 5.70. The molecular formula is C36H50N4O7. The minimum Gasteiger partial charge on any atom is -0.458 e. The zero-order valence-corrected chi connectivity index (χ0v) is 28.6. The molecule has 0 aromatic heterocycles. The molecule has 0 saturated carbocycles. The van der Waals surface area contributed by atoms with Gasteiger partial charge in [-0.15, -0.1) is 0 Å². The fraction of sp³-hybridized carbons (Fsp3) is 0.472. The fourth-order valence-electron chi connectivity index (χ4n) is 4.74. The van der Waals surface area contributed by atoms with Gasteiger partial charge in [-0.25, -0.2) is 9.59 Å². The molecule has 2 aromatic carbocycles. The highest BCUT2D eigenvalue weighted by molar-refractivity contribution is 5.95. The Morgan fingerprint density at radius 1 is 0.894 bits per heavy atom. The summed E-state index contributed by atoms with van der Waals surface area (Å²) >= 11 is 0. The average Bonchev–Trinajstić information content (AvgIpc) is 2.96. The Labute approximate surface area is 278 Å². The lowest BCUT2D eigenvalue weighted by atomic mass is 9.98. The van der Waals surface area contributed by atoms with Crippen LogP contribution in [0.15, 0.2) is 61.2 Å². The zero-order valence-electron chi connectivity index (χ0n) is 28.6. The minimum absolute atomic E-state index is 0.0901. The Hall–Kier alpha value is -4.67. The van der Waals surface area contributed by atoms with Gasteiger partial charge in [-0.05, 0) is 70.7 Å². The van der Waals surface area contributed by atoms with Crippen LogP contribution in [0.25, 0.3) is 6.08 Å². The lowest BCUT2D eigenvalue weighted by Gasteiger charge is -2.35. The van der Waals surface area contributed by atoms with E-state index in [9.17, 15) is 24.0 Å². The maximum Gasteiger partial charge on any atom is 0.408 e. The number of nitrogens with zero attached hydrogens (tertiary/aromatic N) is 1. The van der Waals surface area contributed by atoms with Crippen molar-refractivity contribution in [3.63, 3.8) is 0 Å². The fourth-order valence-corrected chi connectivity index (χ4v) is 4.74. The normalized spacial score (nSPS) is 13.3. The number of alkyl carbamates (subject to hydrolysis) is 1. The van der Waals surface area contributed by atoms with Gasteiger partial charge in [0.25, 0.3) is 0 Å². The van der Waals surface area contributed by atoms with Crippen LogP contribution in [0.5, 0.6) is 0 Å². The van der Waals surface area contributed by atoms with Gasteiger partial charge in [0.15, 0.2) is 0 Å². The third-order valence-corrected chi connectivity index (χ3v) is 6.74. The van der Waals surface area contributed by atoms with Crippen LogP contribution in [0.1, 0.15) is 90.5 Å². The second-order valence-corrected chi connectivity index (χ2v) is 13.3. The van der Waals surface area contributed by atoms with Crippen molar-refractivity contribution in [2.24, 2.45) is 5.73 Å². The van der Waals surface area contributed by atoms with E-state index in [4.69, 9.17) is 15.2 Å². The highest BCUT2D eigenvalue weighted by Gasteiger charge is 2.38. The topological polar surface area (TPSA) is 157 Å². The largest absolute Gasteiger partial charge is 0.458 e.